The van der Waals surface area contributed by atoms with Gasteiger partial charge in [0.1, 0.15) is 0 Å². The molecule has 1 saturated heterocycles. The summed E-state index contributed by atoms with van der Waals surface area (Å²) < 4.78 is 22.4. The Labute approximate surface area is 140 Å². The van der Waals surface area contributed by atoms with Gasteiger partial charge in [0.05, 0.1) is 24.7 Å². The molecule has 0 saturated carbocycles. The monoisotopic (exact) mass is 331 g/mol. The topological polar surface area (TPSA) is 60.4 Å². The molecule has 3 unspecified atom stereocenters. The predicted octanol–water partition coefficient (Wildman–Crippen LogP) is 1.20. The lowest BCUT2D eigenvalue weighted by atomic mass is 9.65. The minimum absolute atomic E-state index is 0.0911. The summed E-state index contributed by atoms with van der Waals surface area (Å²) >= 11 is 0. The molecule has 1 aliphatic carbocycles. The Hall–Kier alpha value is -1.76. The summed E-state index contributed by atoms with van der Waals surface area (Å²) in [5.41, 5.74) is 1.76. The number of hydrogen-bond acceptors (Lipinski definition) is 6. The van der Waals surface area contributed by atoms with Crippen molar-refractivity contribution in [1.29, 1.82) is 0 Å². The molecule has 5 atom stereocenters. The summed E-state index contributed by atoms with van der Waals surface area (Å²) in [5, 5.41) is 11.0. The molecule has 5 rings (SSSR count). The molecule has 0 radical (unpaired) electrons. The summed E-state index contributed by atoms with van der Waals surface area (Å²) in [5.74, 6) is 2.11. The second kappa shape index (κ2) is 4.88. The Morgan fingerprint density at radius 3 is 3.00 bits per heavy atom. The van der Waals surface area contributed by atoms with Crippen molar-refractivity contribution in [2.75, 3.05) is 27.6 Å². The van der Waals surface area contributed by atoms with Crippen molar-refractivity contribution in [3.63, 3.8) is 0 Å². The van der Waals surface area contributed by atoms with Crippen LogP contribution in [0.5, 0.6) is 17.2 Å². The van der Waals surface area contributed by atoms with Gasteiger partial charge in [-0.25, -0.2) is 0 Å². The fraction of sp³-hybridized carbons (Fsp3) is 0.556. The van der Waals surface area contributed by atoms with E-state index in [0.29, 0.717) is 18.0 Å². The third-order valence-corrected chi connectivity index (χ3v) is 6.05. The number of nitrogens with zero attached hydrogens (tertiary/aromatic N) is 1. The molecule has 0 aromatic heterocycles. The maximum absolute atomic E-state index is 11.0. The van der Waals surface area contributed by atoms with Crippen LogP contribution in [0.2, 0.25) is 0 Å². The minimum Gasteiger partial charge on any atom is -0.492 e. The third kappa shape index (κ3) is 1.61. The largest absolute Gasteiger partial charge is 0.492 e. The molecule has 4 aliphatic rings. The van der Waals surface area contributed by atoms with Crippen molar-refractivity contribution < 1.29 is 24.1 Å². The number of benzene rings is 1. The van der Waals surface area contributed by atoms with Gasteiger partial charge < -0.3 is 24.1 Å². The van der Waals surface area contributed by atoms with Gasteiger partial charge in [0.25, 0.3) is 0 Å². The zero-order valence-electron chi connectivity index (χ0n) is 13.8. The molecular weight excluding hydrogens is 310 g/mol. The molecule has 128 valence electrons. The average Bonchev–Trinajstić information content (AvgIpc) is 3.14. The van der Waals surface area contributed by atoms with Crippen LogP contribution in [0.3, 0.4) is 0 Å². The number of fused-ring (bicyclic) bond motifs is 2. The summed E-state index contributed by atoms with van der Waals surface area (Å²) in [6.07, 6.45) is 4.73. The number of methoxy groups -OCH3 is 2. The molecule has 1 aromatic rings. The van der Waals surface area contributed by atoms with E-state index in [4.69, 9.17) is 18.9 Å². The van der Waals surface area contributed by atoms with Crippen molar-refractivity contribution in [2.24, 2.45) is 0 Å². The van der Waals surface area contributed by atoms with Crippen molar-refractivity contribution in [2.45, 2.75) is 36.6 Å². The molecule has 0 amide bonds. The van der Waals surface area contributed by atoms with E-state index < -0.39 is 11.5 Å². The predicted molar refractivity (Wildman–Crippen MR) is 85.6 cm³/mol. The second-order valence-electron chi connectivity index (χ2n) is 6.93. The summed E-state index contributed by atoms with van der Waals surface area (Å²) in [6.45, 7) is 1.59. The minimum atomic E-state index is -0.456. The second-order valence-corrected chi connectivity index (χ2v) is 6.93. The smallest absolute Gasteiger partial charge is 0.231 e. The van der Waals surface area contributed by atoms with Crippen LogP contribution in [0, 0.1) is 0 Å². The summed E-state index contributed by atoms with van der Waals surface area (Å²) in [4.78, 5) is 2.34. The Kier molecular flexibility index (Phi) is 2.96. The summed E-state index contributed by atoms with van der Waals surface area (Å²) in [7, 11) is 3.39. The first-order valence-corrected chi connectivity index (χ1v) is 8.33. The van der Waals surface area contributed by atoms with Crippen LogP contribution >= 0.6 is 0 Å². The lowest BCUT2D eigenvalue weighted by Crippen LogP contribution is -2.52. The van der Waals surface area contributed by atoms with Gasteiger partial charge in [-0.1, -0.05) is 12.2 Å². The first-order chi connectivity index (χ1) is 11.7. The van der Waals surface area contributed by atoms with Gasteiger partial charge in [0, 0.05) is 31.8 Å². The van der Waals surface area contributed by atoms with Crippen LogP contribution in [-0.4, -0.2) is 55.8 Å². The number of aliphatic hydroxyl groups is 1. The van der Waals surface area contributed by atoms with Crippen molar-refractivity contribution in [1.82, 2.24) is 4.90 Å². The van der Waals surface area contributed by atoms with E-state index in [1.807, 2.05) is 6.07 Å². The summed E-state index contributed by atoms with van der Waals surface area (Å²) in [6, 6.07) is 2.26. The van der Waals surface area contributed by atoms with Crippen LogP contribution in [0.25, 0.3) is 0 Å². The highest BCUT2D eigenvalue weighted by atomic mass is 16.7. The van der Waals surface area contributed by atoms with Crippen LogP contribution in [0.4, 0.5) is 0 Å². The van der Waals surface area contributed by atoms with E-state index in [9.17, 15) is 5.11 Å². The van der Waals surface area contributed by atoms with Crippen LogP contribution in [0.1, 0.15) is 17.5 Å². The molecule has 1 fully saturated rings. The molecule has 3 heterocycles. The highest BCUT2D eigenvalue weighted by molar-refractivity contribution is 5.65. The number of aliphatic hydroxyl groups excluding tert-OH is 1. The Bertz CT molecular complexity index is 733. The molecular formula is C18H21NO5. The maximum Gasteiger partial charge on any atom is 0.231 e. The number of hydrogen-bond donors (Lipinski definition) is 1. The lowest BCUT2D eigenvalue weighted by molar-refractivity contribution is 0.0655. The molecule has 6 nitrogen and oxygen atoms in total. The number of rotatable bonds is 2. The fourth-order valence-corrected chi connectivity index (χ4v) is 4.97. The Morgan fingerprint density at radius 1 is 1.33 bits per heavy atom. The fourth-order valence-electron chi connectivity index (χ4n) is 4.97. The van der Waals surface area contributed by atoms with Gasteiger partial charge in [-0.05, 0) is 18.1 Å². The van der Waals surface area contributed by atoms with Gasteiger partial charge in [-0.3, -0.25) is 4.90 Å². The molecule has 1 aromatic carbocycles. The first kappa shape index (κ1) is 14.6. The first-order valence-electron chi connectivity index (χ1n) is 8.33. The SMILES string of the molecule is COc1c2c(cc3c1OCO3)[C@]13C=CC(OC)C[C@H]1N(C2)CC3O. The van der Waals surface area contributed by atoms with Gasteiger partial charge in [-0.15, -0.1) is 0 Å². The van der Waals surface area contributed by atoms with E-state index in [0.717, 1.165) is 29.8 Å². The van der Waals surface area contributed by atoms with Crippen LogP contribution < -0.4 is 14.2 Å². The van der Waals surface area contributed by atoms with Crippen molar-refractivity contribution in [3.05, 3.63) is 29.3 Å². The van der Waals surface area contributed by atoms with E-state index in [-0.39, 0.29) is 18.9 Å². The molecule has 1 N–H and O–H groups in total. The molecule has 24 heavy (non-hydrogen) atoms. The quantitative estimate of drug-likeness (QED) is 0.822. The van der Waals surface area contributed by atoms with Crippen LogP contribution in [-0.2, 0) is 16.7 Å². The zero-order chi connectivity index (χ0) is 16.5. The van der Waals surface area contributed by atoms with Crippen molar-refractivity contribution in [3.8, 4) is 17.2 Å². The van der Waals surface area contributed by atoms with E-state index >= 15 is 0 Å². The highest BCUT2D eigenvalue weighted by Crippen LogP contribution is 2.57. The van der Waals surface area contributed by atoms with E-state index in [1.165, 1.54) is 0 Å². The third-order valence-electron chi connectivity index (χ3n) is 6.05. The number of ether oxygens (including phenoxy) is 4. The van der Waals surface area contributed by atoms with Gasteiger partial charge in [-0.2, -0.15) is 0 Å². The maximum atomic E-state index is 11.0. The normalized spacial score (nSPS) is 38.0. The highest BCUT2D eigenvalue weighted by Gasteiger charge is 2.59. The van der Waals surface area contributed by atoms with Gasteiger partial charge >= 0.3 is 0 Å². The van der Waals surface area contributed by atoms with Crippen molar-refractivity contribution >= 4 is 0 Å². The van der Waals surface area contributed by atoms with Gasteiger partial charge in [0.15, 0.2) is 11.5 Å². The average molecular weight is 331 g/mol. The zero-order valence-corrected chi connectivity index (χ0v) is 13.8. The Morgan fingerprint density at radius 2 is 2.21 bits per heavy atom. The molecule has 0 spiro atoms. The van der Waals surface area contributed by atoms with Crippen LogP contribution in [0.15, 0.2) is 18.2 Å². The van der Waals surface area contributed by atoms with E-state index in [1.54, 1.807) is 14.2 Å². The molecule has 3 aliphatic heterocycles. The standard InChI is InChI=1S/C18H21NO5/c1-21-10-3-4-18-12-6-13-17(24-9-23-13)16(22-2)11(12)7-19(8-15(18)20)14(18)5-10/h3-4,6,10,14-15,20H,5,7-9H2,1-2H3/t10?,14-,15?,18-/m1/s1. The van der Waals surface area contributed by atoms with E-state index in [2.05, 4.69) is 17.1 Å². The molecule has 2 bridgehead atoms. The Balaban J connectivity index is 1.76. The molecule has 6 heteroatoms. The van der Waals surface area contributed by atoms with Gasteiger partial charge in [0.2, 0.25) is 12.5 Å². The lowest BCUT2D eigenvalue weighted by Gasteiger charge is -2.46.